The number of alkyl halides is 3. The molecule has 0 amide bonds. The summed E-state index contributed by atoms with van der Waals surface area (Å²) >= 11 is 1.55. The standard InChI is InChI=1S/C17H19F3N2O3S2/c18-17(19,20)25-13-5-3-6-14(11-13)27(23,24)21-12-15(16-7-4-10-26-16)22-8-1-2-9-22/h3-7,10-11,15,21H,1-2,8-9,12H2. The fourth-order valence-electron chi connectivity index (χ4n) is 3.05. The number of benzene rings is 1. The van der Waals surface area contributed by atoms with Gasteiger partial charge >= 0.3 is 6.36 Å². The normalized spacial score (nSPS) is 17.1. The molecule has 1 atom stereocenters. The fourth-order valence-corrected chi connectivity index (χ4v) is 4.99. The Morgan fingerprint density at radius 3 is 2.56 bits per heavy atom. The highest BCUT2D eigenvalue weighted by Crippen LogP contribution is 2.29. The van der Waals surface area contributed by atoms with Gasteiger partial charge in [-0.05, 0) is 49.5 Å². The van der Waals surface area contributed by atoms with Crippen molar-refractivity contribution in [2.24, 2.45) is 0 Å². The van der Waals surface area contributed by atoms with E-state index in [-0.39, 0.29) is 17.5 Å². The predicted molar refractivity (Wildman–Crippen MR) is 96.2 cm³/mol. The smallest absolute Gasteiger partial charge is 0.406 e. The van der Waals surface area contributed by atoms with Crippen LogP contribution in [-0.2, 0) is 10.0 Å². The van der Waals surface area contributed by atoms with Gasteiger partial charge in [0, 0.05) is 17.5 Å². The van der Waals surface area contributed by atoms with E-state index >= 15 is 0 Å². The molecule has 0 bridgehead atoms. The Hall–Kier alpha value is -1.62. The van der Waals surface area contributed by atoms with Crippen LogP contribution in [0.4, 0.5) is 13.2 Å². The first-order chi connectivity index (χ1) is 12.7. The topological polar surface area (TPSA) is 58.6 Å². The lowest BCUT2D eigenvalue weighted by Crippen LogP contribution is -2.36. The van der Waals surface area contributed by atoms with Crippen LogP contribution in [0.15, 0.2) is 46.7 Å². The minimum absolute atomic E-state index is 0.100. The lowest BCUT2D eigenvalue weighted by Gasteiger charge is -2.26. The molecule has 0 spiro atoms. The van der Waals surface area contributed by atoms with E-state index in [0.717, 1.165) is 42.9 Å². The molecule has 2 heterocycles. The second-order valence-electron chi connectivity index (χ2n) is 6.15. The molecule has 5 nitrogen and oxygen atoms in total. The zero-order valence-corrected chi connectivity index (χ0v) is 15.9. The largest absolute Gasteiger partial charge is 0.573 e. The van der Waals surface area contributed by atoms with E-state index in [4.69, 9.17) is 0 Å². The van der Waals surface area contributed by atoms with Gasteiger partial charge in [0.25, 0.3) is 0 Å². The Labute approximate surface area is 159 Å². The third-order valence-corrected chi connectivity index (χ3v) is 6.66. The van der Waals surface area contributed by atoms with Gasteiger partial charge in [0.15, 0.2) is 0 Å². The Bertz CT molecular complexity index is 849. The van der Waals surface area contributed by atoms with Gasteiger partial charge in [0.2, 0.25) is 10.0 Å². The van der Waals surface area contributed by atoms with E-state index in [2.05, 4.69) is 14.4 Å². The summed E-state index contributed by atoms with van der Waals surface area (Å²) < 4.78 is 68.6. The van der Waals surface area contributed by atoms with E-state index in [1.54, 1.807) is 11.3 Å². The number of rotatable bonds is 7. The predicted octanol–water partition coefficient (Wildman–Crippen LogP) is 3.76. The quantitative estimate of drug-likeness (QED) is 0.741. The number of likely N-dealkylation sites (tertiary alicyclic amines) is 1. The van der Waals surface area contributed by atoms with E-state index in [1.165, 1.54) is 12.1 Å². The minimum atomic E-state index is -4.88. The molecule has 0 radical (unpaired) electrons. The van der Waals surface area contributed by atoms with Crippen molar-refractivity contribution in [3.8, 4) is 5.75 Å². The summed E-state index contributed by atoms with van der Waals surface area (Å²) in [6.07, 6.45) is -2.76. The van der Waals surface area contributed by atoms with Crippen molar-refractivity contribution < 1.29 is 26.3 Å². The third kappa shape index (κ3) is 5.44. The van der Waals surface area contributed by atoms with Gasteiger partial charge < -0.3 is 4.74 Å². The van der Waals surface area contributed by atoms with Crippen molar-refractivity contribution >= 4 is 21.4 Å². The third-order valence-electron chi connectivity index (χ3n) is 4.27. The van der Waals surface area contributed by atoms with Gasteiger partial charge in [-0.15, -0.1) is 24.5 Å². The van der Waals surface area contributed by atoms with Crippen LogP contribution < -0.4 is 9.46 Å². The van der Waals surface area contributed by atoms with Crippen molar-refractivity contribution in [1.82, 2.24) is 9.62 Å². The molecule has 1 aromatic heterocycles. The monoisotopic (exact) mass is 420 g/mol. The number of halogens is 3. The lowest BCUT2D eigenvalue weighted by atomic mass is 10.2. The molecule has 10 heteroatoms. The minimum Gasteiger partial charge on any atom is -0.406 e. The van der Waals surface area contributed by atoms with Crippen molar-refractivity contribution in [3.63, 3.8) is 0 Å². The second-order valence-corrected chi connectivity index (χ2v) is 8.90. The molecular formula is C17H19F3N2O3S2. The van der Waals surface area contributed by atoms with Crippen molar-refractivity contribution in [3.05, 3.63) is 46.7 Å². The van der Waals surface area contributed by atoms with Crippen molar-refractivity contribution in [2.75, 3.05) is 19.6 Å². The van der Waals surface area contributed by atoms with Crippen molar-refractivity contribution in [2.45, 2.75) is 30.1 Å². The van der Waals surface area contributed by atoms with Crippen LogP contribution in [0.2, 0.25) is 0 Å². The fraction of sp³-hybridized carbons (Fsp3) is 0.412. The van der Waals surface area contributed by atoms with Crippen molar-refractivity contribution in [1.29, 1.82) is 0 Å². The van der Waals surface area contributed by atoms with Crippen LogP contribution in [0.3, 0.4) is 0 Å². The number of ether oxygens (including phenoxy) is 1. The van der Waals surface area contributed by atoms with Crippen LogP contribution in [0, 0.1) is 0 Å². The first-order valence-corrected chi connectivity index (χ1v) is 10.7. The summed E-state index contributed by atoms with van der Waals surface area (Å²) in [7, 11) is -3.97. The zero-order chi connectivity index (χ0) is 19.5. The summed E-state index contributed by atoms with van der Waals surface area (Å²) in [5.41, 5.74) is 0. The van der Waals surface area contributed by atoms with Crippen LogP contribution in [0.25, 0.3) is 0 Å². The number of hydrogen-bond donors (Lipinski definition) is 1. The molecule has 1 unspecified atom stereocenters. The Morgan fingerprint density at radius 2 is 1.93 bits per heavy atom. The highest BCUT2D eigenvalue weighted by Gasteiger charge is 2.32. The molecule has 0 saturated carbocycles. The van der Waals surface area contributed by atoms with Gasteiger partial charge in [-0.25, -0.2) is 13.1 Å². The van der Waals surface area contributed by atoms with E-state index in [1.807, 2.05) is 17.5 Å². The van der Waals surface area contributed by atoms with Gasteiger partial charge in [-0.1, -0.05) is 12.1 Å². The lowest BCUT2D eigenvalue weighted by molar-refractivity contribution is -0.274. The van der Waals surface area contributed by atoms with Crippen LogP contribution >= 0.6 is 11.3 Å². The van der Waals surface area contributed by atoms with Crippen LogP contribution in [0.1, 0.15) is 23.8 Å². The Morgan fingerprint density at radius 1 is 1.19 bits per heavy atom. The SMILES string of the molecule is O=S(=O)(NCC(c1cccs1)N1CCCC1)c1cccc(OC(F)(F)F)c1. The molecule has 148 valence electrons. The summed E-state index contributed by atoms with van der Waals surface area (Å²) in [6.45, 7) is 1.92. The molecule has 0 aliphatic carbocycles. The molecule has 3 rings (SSSR count). The average Bonchev–Trinajstić information content (AvgIpc) is 3.27. The maximum Gasteiger partial charge on any atom is 0.573 e. The second kappa shape index (κ2) is 8.17. The first-order valence-electron chi connectivity index (χ1n) is 8.37. The van der Waals surface area contributed by atoms with Crippen LogP contribution in [0.5, 0.6) is 5.75 Å². The molecule has 1 aromatic carbocycles. The molecule has 1 fully saturated rings. The van der Waals surface area contributed by atoms with Gasteiger partial charge in [0.05, 0.1) is 10.9 Å². The number of thiophene rings is 1. The molecule has 27 heavy (non-hydrogen) atoms. The molecule has 2 aromatic rings. The summed E-state index contributed by atoms with van der Waals surface area (Å²) in [5, 5.41) is 1.94. The molecule has 1 saturated heterocycles. The summed E-state index contributed by atoms with van der Waals surface area (Å²) in [6, 6.07) is 8.15. The average molecular weight is 420 g/mol. The number of hydrogen-bond acceptors (Lipinski definition) is 5. The van der Waals surface area contributed by atoms with E-state index < -0.39 is 22.1 Å². The maximum atomic E-state index is 12.6. The Kier molecular flexibility index (Phi) is 6.09. The number of nitrogens with zero attached hydrogens (tertiary/aromatic N) is 1. The van der Waals surface area contributed by atoms with Gasteiger partial charge in [-0.3, -0.25) is 4.90 Å². The Balaban J connectivity index is 1.74. The highest BCUT2D eigenvalue weighted by atomic mass is 32.2. The van der Waals surface area contributed by atoms with Crippen LogP contribution in [-0.4, -0.2) is 39.3 Å². The zero-order valence-electron chi connectivity index (χ0n) is 14.3. The molecule has 1 N–H and O–H groups in total. The first kappa shape index (κ1) is 20.1. The number of nitrogens with one attached hydrogen (secondary N) is 1. The maximum absolute atomic E-state index is 12.6. The summed E-state index contributed by atoms with van der Waals surface area (Å²) in [4.78, 5) is 3.00. The molecular weight excluding hydrogens is 401 g/mol. The number of sulfonamides is 1. The van der Waals surface area contributed by atoms with E-state index in [0.29, 0.717) is 0 Å². The summed E-state index contributed by atoms with van der Waals surface area (Å²) in [5.74, 6) is -0.570. The van der Waals surface area contributed by atoms with E-state index in [9.17, 15) is 21.6 Å². The molecule has 1 aliphatic rings. The van der Waals surface area contributed by atoms with Gasteiger partial charge in [-0.2, -0.15) is 0 Å². The highest BCUT2D eigenvalue weighted by molar-refractivity contribution is 7.89. The van der Waals surface area contributed by atoms with Gasteiger partial charge in [0.1, 0.15) is 5.75 Å². The molecule has 1 aliphatic heterocycles.